The van der Waals surface area contributed by atoms with E-state index in [4.69, 9.17) is 9.31 Å². The SMILES string of the molecule is CC(C)CCC#CCB1OC(=O)CN(C)CC(=O)O1. The van der Waals surface area contributed by atoms with Crippen molar-refractivity contribution in [1.29, 1.82) is 0 Å². The van der Waals surface area contributed by atoms with Crippen molar-refractivity contribution in [3.8, 4) is 11.8 Å². The third kappa shape index (κ3) is 6.87. The molecule has 0 spiro atoms. The smallest absolute Gasteiger partial charge is 0.498 e. The van der Waals surface area contributed by atoms with Crippen LogP contribution in [0, 0.1) is 17.8 Å². The average Bonchev–Trinajstić information content (AvgIpc) is 2.25. The molecular weight excluding hydrogens is 245 g/mol. The Morgan fingerprint density at radius 1 is 1.21 bits per heavy atom. The maximum atomic E-state index is 11.4. The highest BCUT2D eigenvalue weighted by Gasteiger charge is 2.30. The monoisotopic (exact) mass is 265 g/mol. The molecular formula is C13H20BNO4. The molecule has 0 unspecified atom stereocenters. The first-order valence-electron chi connectivity index (χ1n) is 6.50. The van der Waals surface area contributed by atoms with Gasteiger partial charge in [-0.2, -0.15) is 0 Å². The standard InChI is InChI=1S/C13H20BNO4/c1-11(2)7-5-4-6-8-14-18-12(16)9-15(3)10-13(17)19-14/h11H,5,7-10H2,1-3H3. The Morgan fingerprint density at radius 3 is 2.32 bits per heavy atom. The third-order valence-electron chi connectivity index (χ3n) is 2.56. The summed E-state index contributed by atoms with van der Waals surface area (Å²) in [6, 6.07) is 0. The Labute approximate surface area is 114 Å². The van der Waals surface area contributed by atoms with Crippen LogP contribution in [0.15, 0.2) is 0 Å². The van der Waals surface area contributed by atoms with Gasteiger partial charge in [-0.1, -0.05) is 13.8 Å². The fourth-order valence-corrected chi connectivity index (χ4v) is 1.58. The molecule has 0 saturated carbocycles. The lowest BCUT2D eigenvalue weighted by Crippen LogP contribution is -2.42. The van der Waals surface area contributed by atoms with Gasteiger partial charge in [0.05, 0.1) is 19.4 Å². The van der Waals surface area contributed by atoms with Crippen LogP contribution in [-0.2, 0) is 18.9 Å². The summed E-state index contributed by atoms with van der Waals surface area (Å²) in [4.78, 5) is 24.4. The summed E-state index contributed by atoms with van der Waals surface area (Å²) in [7, 11) is 0.787. The van der Waals surface area contributed by atoms with Crippen LogP contribution in [-0.4, -0.2) is 44.1 Å². The summed E-state index contributed by atoms with van der Waals surface area (Å²) in [5.74, 6) is 5.70. The van der Waals surface area contributed by atoms with Gasteiger partial charge in [0, 0.05) is 6.42 Å². The van der Waals surface area contributed by atoms with Crippen molar-refractivity contribution >= 4 is 19.1 Å². The van der Waals surface area contributed by atoms with Crippen LogP contribution in [0.2, 0.25) is 6.32 Å². The van der Waals surface area contributed by atoms with Crippen LogP contribution in [0.3, 0.4) is 0 Å². The number of nitrogens with zero attached hydrogens (tertiary/aromatic N) is 1. The molecule has 104 valence electrons. The van der Waals surface area contributed by atoms with E-state index in [1.54, 1.807) is 11.9 Å². The normalized spacial score (nSPS) is 17.2. The second kappa shape index (κ2) is 7.85. The second-order valence-corrected chi connectivity index (χ2v) is 5.07. The van der Waals surface area contributed by atoms with Crippen molar-refractivity contribution in [2.75, 3.05) is 20.1 Å². The van der Waals surface area contributed by atoms with Crippen molar-refractivity contribution in [2.45, 2.75) is 33.0 Å². The highest BCUT2D eigenvalue weighted by Crippen LogP contribution is 2.05. The van der Waals surface area contributed by atoms with Crippen LogP contribution < -0.4 is 0 Å². The molecule has 0 aromatic rings. The quantitative estimate of drug-likeness (QED) is 0.561. The number of likely N-dealkylation sites (N-methyl/N-ethyl adjacent to an activating group) is 1. The zero-order valence-corrected chi connectivity index (χ0v) is 11.8. The molecule has 0 bridgehead atoms. The Morgan fingerprint density at radius 2 is 1.79 bits per heavy atom. The molecule has 0 N–H and O–H groups in total. The minimum absolute atomic E-state index is 0.0897. The number of rotatable bonds is 3. The largest absolute Gasteiger partial charge is 0.611 e. The van der Waals surface area contributed by atoms with Gasteiger partial charge in [-0.05, 0) is 19.4 Å². The second-order valence-electron chi connectivity index (χ2n) is 5.07. The summed E-state index contributed by atoms with van der Waals surface area (Å²) in [6.07, 6.45) is 2.07. The van der Waals surface area contributed by atoms with Crippen LogP contribution >= 0.6 is 0 Å². The van der Waals surface area contributed by atoms with E-state index in [9.17, 15) is 9.59 Å². The topological polar surface area (TPSA) is 55.8 Å². The van der Waals surface area contributed by atoms with E-state index in [1.165, 1.54) is 0 Å². The van der Waals surface area contributed by atoms with E-state index in [2.05, 4.69) is 25.7 Å². The number of hydrogen-bond acceptors (Lipinski definition) is 5. The molecule has 1 fully saturated rings. The first-order chi connectivity index (χ1) is 8.97. The van der Waals surface area contributed by atoms with E-state index in [1.807, 2.05) is 0 Å². The lowest BCUT2D eigenvalue weighted by atomic mass is 9.84. The van der Waals surface area contributed by atoms with E-state index in [0.29, 0.717) is 5.92 Å². The molecule has 1 aliphatic heterocycles. The van der Waals surface area contributed by atoms with Crippen molar-refractivity contribution in [3.05, 3.63) is 0 Å². The summed E-state index contributed by atoms with van der Waals surface area (Å²) in [6.45, 7) is 4.45. The highest BCUT2D eigenvalue weighted by molar-refractivity contribution is 6.50. The average molecular weight is 265 g/mol. The van der Waals surface area contributed by atoms with Crippen LogP contribution in [0.1, 0.15) is 26.7 Å². The van der Waals surface area contributed by atoms with Gasteiger partial charge in [0.15, 0.2) is 0 Å². The third-order valence-corrected chi connectivity index (χ3v) is 2.56. The van der Waals surface area contributed by atoms with Crippen molar-refractivity contribution in [3.63, 3.8) is 0 Å². The molecule has 1 heterocycles. The van der Waals surface area contributed by atoms with Crippen LogP contribution in [0.4, 0.5) is 0 Å². The molecule has 0 aromatic heterocycles. The zero-order valence-electron chi connectivity index (χ0n) is 11.8. The Kier molecular flexibility index (Phi) is 6.44. The maximum Gasteiger partial charge on any atom is 0.611 e. The molecule has 0 radical (unpaired) electrons. The molecule has 5 nitrogen and oxygen atoms in total. The lowest BCUT2D eigenvalue weighted by molar-refractivity contribution is -0.145. The molecule has 0 aliphatic carbocycles. The molecule has 1 rings (SSSR count). The van der Waals surface area contributed by atoms with Crippen LogP contribution in [0.5, 0.6) is 0 Å². The van der Waals surface area contributed by atoms with Crippen molar-refractivity contribution < 1.29 is 18.9 Å². The fourth-order valence-electron chi connectivity index (χ4n) is 1.58. The molecule has 0 amide bonds. The van der Waals surface area contributed by atoms with E-state index in [-0.39, 0.29) is 19.4 Å². The number of hydrogen-bond donors (Lipinski definition) is 0. The summed E-state index contributed by atoms with van der Waals surface area (Å²) in [5.41, 5.74) is 0. The minimum Gasteiger partial charge on any atom is -0.498 e. The molecule has 19 heavy (non-hydrogen) atoms. The highest BCUT2D eigenvalue weighted by atomic mass is 16.6. The Balaban J connectivity index is 2.42. The molecule has 1 aliphatic rings. The van der Waals surface area contributed by atoms with Gasteiger partial charge < -0.3 is 9.31 Å². The van der Waals surface area contributed by atoms with Gasteiger partial charge in [0.2, 0.25) is 0 Å². The molecule has 0 aromatic carbocycles. The fraction of sp³-hybridized carbons (Fsp3) is 0.692. The van der Waals surface area contributed by atoms with Gasteiger partial charge in [-0.15, -0.1) is 11.8 Å². The van der Waals surface area contributed by atoms with Crippen LogP contribution in [0.25, 0.3) is 0 Å². The van der Waals surface area contributed by atoms with Crippen molar-refractivity contribution in [2.24, 2.45) is 5.92 Å². The van der Waals surface area contributed by atoms with Crippen molar-refractivity contribution in [1.82, 2.24) is 4.90 Å². The van der Waals surface area contributed by atoms with Gasteiger partial charge in [0.1, 0.15) is 0 Å². The predicted octanol–water partition coefficient (Wildman–Crippen LogP) is 0.946. The summed E-state index contributed by atoms with van der Waals surface area (Å²) in [5, 5.41) is 0. The van der Waals surface area contributed by atoms with E-state index >= 15 is 0 Å². The van der Waals surface area contributed by atoms with Gasteiger partial charge in [-0.3, -0.25) is 14.5 Å². The molecule has 0 atom stereocenters. The zero-order chi connectivity index (χ0) is 14.3. The number of carbonyl (C=O) groups excluding carboxylic acids is 2. The molecule has 1 saturated heterocycles. The first-order valence-corrected chi connectivity index (χ1v) is 6.50. The van der Waals surface area contributed by atoms with E-state index < -0.39 is 19.1 Å². The van der Waals surface area contributed by atoms with Gasteiger partial charge >= 0.3 is 19.1 Å². The Bertz CT molecular complexity index is 366. The lowest BCUT2D eigenvalue weighted by Gasteiger charge is -2.21. The minimum atomic E-state index is -0.875. The Hall–Kier alpha value is -1.48. The summed E-state index contributed by atoms with van der Waals surface area (Å²) < 4.78 is 10.1. The first kappa shape index (κ1) is 15.6. The van der Waals surface area contributed by atoms with E-state index in [0.717, 1.165) is 12.8 Å². The predicted molar refractivity (Wildman–Crippen MR) is 72.1 cm³/mol. The van der Waals surface area contributed by atoms with Gasteiger partial charge in [0.25, 0.3) is 0 Å². The number of carbonyl (C=O) groups is 2. The summed E-state index contributed by atoms with van der Waals surface area (Å²) >= 11 is 0. The molecule has 6 heteroatoms. The van der Waals surface area contributed by atoms with Gasteiger partial charge in [-0.25, -0.2) is 0 Å². The maximum absolute atomic E-state index is 11.4.